The Morgan fingerprint density at radius 2 is 1.87 bits per heavy atom. The number of ether oxygens (including phenoxy) is 1. The molecular formula is C17H16FN3OS. The SMILES string of the molecule is COc1ccccc1-n1cnnc1SC(C)c1ccc(F)cc1. The van der Waals surface area contributed by atoms with E-state index in [9.17, 15) is 4.39 Å². The highest BCUT2D eigenvalue weighted by molar-refractivity contribution is 7.99. The Morgan fingerprint density at radius 1 is 1.13 bits per heavy atom. The monoisotopic (exact) mass is 329 g/mol. The number of rotatable bonds is 5. The van der Waals surface area contributed by atoms with Crippen molar-refractivity contribution >= 4 is 11.8 Å². The lowest BCUT2D eigenvalue weighted by Gasteiger charge is -2.14. The first kappa shape index (κ1) is 15.6. The van der Waals surface area contributed by atoms with Crippen LogP contribution in [-0.4, -0.2) is 21.9 Å². The predicted molar refractivity (Wildman–Crippen MR) is 88.6 cm³/mol. The molecule has 1 atom stereocenters. The van der Waals surface area contributed by atoms with Gasteiger partial charge < -0.3 is 4.74 Å². The molecule has 3 aromatic rings. The van der Waals surface area contributed by atoms with Crippen molar-refractivity contribution in [2.24, 2.45) is 0 Å². The molecule has 0 spiro atoms. The van der Waals surface area contributed by atoms with Gasteiger partial charge in [0.05, 0.1) is 12.8 Å². The van der Waals surface area contributed by atoms with Gasteiger partial charge in [0.2, 0.25) is 0 Å². The first-order valence-corrected chi connectivity index (χ1v) is 8.02. The van der Waals surface area contributed by atoms with Crippen LogP contribution in [0.5, 0.6) is 5.75 Å². The highest BCUT2D eigenvalue weighted by Crippen LogP contribution is 2.35. The first-order valence-electron chi connectivity index (χ1n) is 7.14. The third-order valence-corrected chi connectivity index (χ3v) is 4.60. The molecule has 118 valence electrons. The third-order valence-electron chi connectivity index (χ3n) is 3.48. The summed E-state index contributed by atoms with van der Waals surface area (Å²) in [5.74, 6) is 0.520. The normalized spacial score (nSPS) is 12.1. The number of nitrogens with zero attached hydrogens (tertiary/aromatic N) is 3. The van der Waals surface area contributed by atoms with Gasteiger partial charge in [-0.15, -0.1) is 10.2 Å². The van der Waals surface area contributed by atoms with Gasteiger partial charge in [0.15, 0.2) is 5.16 Å². The van der Waals surface area contributed by atoms with Crippen LogP contribution in [0.2, 0.25) is 0 Å². The van der Waals surface area contributed by atoms with E-state index < -0.39 is 0 Å². The maximum Gasteiger partial charge on any atom is 0.196 e. The Labute approximate surface area is 138 Å². The molecule has 0 saturated carbocycles. The number of benzene rings is 2. The molecule has 0 N–H and O–H groups in total. The van der Waals surface area contributed by atoms with Crippen molar-refractivity contribution in [2.75, 3.05) is 7.11 Å². The van der Waals surface area contributed by atoms with Gasteiger partial charge in [-0.1, -0.05) is 36.0 Å². The molecule has 6 heteroatoms. The summed E-state index contributed by atoms with van der Waals surface area (Å²) in [7, 11) is 1.64. The van der Waals surface area contributed by atoms with E-state index in [4.69, 9.17) is 4.74 Å². The van der Waals surface area contributed by atoms with E-state index in [-0.39, 0.29) is 11.1 Å². The molecule has 0 bridgehead atoms. The second kappa shape index (κ2) is 6.83. The Kier molecular flexibility index (Phi) is 4.62. The van der Waals surface area contributed by atoms with Gasteiger partial charge in [0.1, 0.15) is 17.9 Å². The molecule has 0 amide bonds. The fourth-order valence-corrected chi connectivity index (χ4v) is 3.22. The number of hydrogen-bond acceptors (Lipinski definition) is 4. The van der Waals surface area contributed by atoms with E-state index in [0.29, 0.717) is 0 Å². The predicted octanol–water partition coefficient (Wildman–Crippen LogP) is 4.27. The summed E-state index contributed by atoms with van der Waals surface area (Å²) in [6.07, 6.45) is 1.66. The lowest BCUT2D eigenvalue weighted by Crippen LogP contribution is -2.00. The highest BCUT2D eigenvalue weighted by atomic mass is 32.2. The van der Waals surface area contributed by atoms with Gasteiger partial charge >= 0.3 is 0 Å². The van der Waals surface area contributed by atoms with Crippen LogP contribution in [0.25, 0.3) is 5.69 Å². The standard InChI is InChI=1S/C17H16FN3OS/c1-12(13-7-9-14(18)10-8-13)23-17-20-19-11-21(17)15-5-3-4-6-16(15)22-2/h3-12H,1-2H3. The van der Waals surface area contributed by atoms with Crippen LogP contribution in [-0.2, 0) is 0 Å². The largest absolute Gasteiger partial charge is 0.495 e. The molecule has 23 heavy (non-hydrogen) atoms. The zero-order valence-electron chi connectivity index (χ0n) is 12.8. The molecule has 0 fully saturated rings. The van der Waals surface area contributed by atoms with Crippen LogP contribution in [0.1, 0.15) is 17.7 Å². The third kappa shape index (κ3) is 3.37. The number of thioether (sulfide) groups is 1. The lowest BCUT2D eigenvalue weighted by atomic mass is 10.2. The van der Waals surface area contributed by atoms with Crippen molar-refractivity contribution in [2.45, 2.75) is 17.3 Å². The van der Waals surface area contributed by atoms with Gasteiger partial charge in [-0.25, -0.2) is 4.39 Å². The van der Waals surface area contributed by atoms with Gasteiger partial charge in [-0.3, -0.25) is 4.57 Å². The molecule has 3 rings (SSSR count). The quantitative estimate of drug-likeness (QED) is 0.656. The summed E-state index contributed by atoms with van der Waals surface area (Å²) >= 11 is 1.56. The summed E-state index contributed by atoms with van der Waals surface area (Å²) in [6.45, 7) is 2.05. The zero-order valence-corrected chi connectivity index (χ0v) is 13.6. The molecule has 2 aromatic carbocycles. The van der Waals surface area contributed by atoms with Crippen LogP contribution < -0.4 is 4.74 Å². The highest BCUT2D eigenvalue weighted by Gasteiger charge is 2.15. The van der Waals surface area contributed by atoms with Gasteiger partial charge in [0, 0.05) is 5.25 Å². The van der Waals surface area contributed by atoms with Crippen molar-refractivity contribution in [3.05, 3.63) is 66.2 Å². The van der Waals surface area contributed by atoms with E-state index in [1.165, 1.54) is 12.1 Å². The molecule has 0 saturated heterocycles. The van der Waals surface area contributed by atoms with Crippen molar-refractivity contribution in [1.29, 1.82) is 0 Å². The van der Waals surface area contributed by atoms with E-state index >= 15 is 0 Å². The molecule has 1 heterocycles. The van der Waals surface area contributed by atoms with E-state index in [0.717, 1.165) is 22.2 Å². The molecule has 0 aliphatic carbocycles. The summed E-state index contributed by atoms with van der Waals surface area (Å²) in [6, 6.07) is 14.2. The average molecular weight is 329 g/mol. The summed E-state index contributed by atoms with van der Waals surface area (Å²) in [5.41, 5.74) is 1.92. The molecule has 0 aliphatic heterocycles. The van der Waals surface area contributed by atoms with Crippen molar-refractivity contribution in [3.63, 3.8) is 0 Å². The Hall–Kier alpha value is -2.34. The average Bonchev–Trinajstić information content (AvgIpc) is 3.03. The first-order chi connectivity index (χ1) is 11.2. The summed E-state index contributed by atoms with van der Waals surface area (Å²) in [5, 5.41) is 9.08. The summed E-state index contributed by atoms with van der Waals surface area (Å²) < 4.78 is 20.3. The van der Waals surface area contributed by atoms with E-state index in [1.807, 2.05) is 28.8 Å². The van der Waals surface area contributed by atoms with Crippen LogP contribution in [0.3, 0.4) is 0 Å². The lowest BCUT2D eigenvalue weighted by molar-refractivity contribution is 0.412. The minimum atomic E-state index is -0.233. The molecule has 0 aliphatic rings. The Bertz CT molecular complexity index is 789. The minimum absolute atomic E-state index is 0.119. The smallest absolute Gasteiger partial charge is 0.196 e. The van der Waals surface area contributed by atoms with Crippen molar-refractivity contribution < 1.29 is 9.13 Å². The fourth-order valence-electron chi connectivity index (χ4n) is 2.26. The van der Waals surface area contributed by atoms with Crippen molar-refractivity contribution in [3.8, 4) is 11.4 Å². The van der Waals surface area contributed by atoms with Gasteiger partial charge in [-0.2, -0.15) is 0 Å². The molecule has 4 nitrogen and oxygen atoms in total. The van der Waals surface area contributed by atoms with Crippen LogP contribution in [0, 0.1) is 5.82 Å². The van der Waals surface area contributed by atoms with Crippen LogP contribution in [0.15, 0.2) is 60.0 Å². The summed E-state index contributed by atoms with van der Waals surface area (Å²) in [4.78, 5) is 0. The number of halogens is 1. The number of para-hydroxylation sites is 2. The zero-order chi connectivity index (χ0) is 16.2. The van der Waals surface area contributed by atoms with E-state index in [2.05, 4.69) is 17.1 Å². The van der Waals surface area contributed by atoms with Crippen molar-refractivity contribution in [1.82, 2.24) is 14.8 Å². The molecule has 1 unspecified atom stereocenters. The Balaban J connectivity index is 1.88. The van der Waals surface area contributed by atoms with E-state index in [1.54, 1.807) is 37.3 Å². The maximum atomic E-state index is 13.0. The molecular weight excluding hydrogens is 313 g/mol. The Morgan fingerprint density at radius 3 is 2.61 bits per heavy atom. The van der Waals surface area contributed by atoms with Gasteiger partial charge in [-0.05, 0) is 36.8 Å². The minimum Gasteiger partial charge on any atom is -0.495 e. The maximum absolute atomic E-state index is 13.0. The van der Waals surface area contributed by atoms with Crippen LogP contribution >= 0.6 is 11.8 Å². The van der Waals surface area contributed by atoms with Gasteiger partial charge in [0.25, 0.3) is 0 Å². The van der Waals surface area contributed by atoms with Crippen LogP contribution in [0.4, 0.5) is 4.39 Å². The second-order valence-electron chi connectivity index (χ2n) is 4.97. The number of methoxy groups -OCH3 is 1. The number of hydrogen-bond donors (Lipinski definition) is 0. The molecule has 0 radical (unpaired) electrons. The molecule has 1 aromatic heterocycles. The fraction of sp³-hybridized carbons (Fsp3) is 0.176. The number of aromatic nitrogens is 3. The topological polar surface area (TPSA) is 39.9 Å². The second-order valence-corrected chi connectivity index (χ2v) is 6.27.